The van der Waals surface area contributed by atoms with Crippen LogP contribution in [0.3, 0.4) is 0 Å². The maximum atomic E-state index is 12.2. The average Bonchev–Trinajstić information content (AvgIpc) is 2.96. The molecule has 0 atom stereocenters. The minimum Gasteiger partial charge on any atom is -0.300 e. The van der Waals surface area contributed by atoms with Crippen molar-refractivity contribution in [3.63, 3.8) is 0 Å². The van der Waals surface area contributed by atoms with E-state index >= 15 is 0 Å². The Morgan fingerprint density at radius 2 is 1.72 bits per heavy atom. The molecular weight excluding hydrogens is 352 g/mol. The van der Waals surface area contributed by atoms with Crippen molar-refractivity contribution in [3.05, 3.63) is 82.2 Å². The molecule has 0 aromatic heterocycles. The molecule has 0 aliphatic carbocycles. The summed E-state index contributed by atoms with van der Waals surface area (Å²) in [6.07, 6.45) is 1.88. The molecule has 1 amide bonds. The summed E-state index contributed by atoms with van der Waals surface area (Å²) in [5.41, 5.74) is 1.62. The van der Waals surface area contributed by atoms with Crippen molar-refractivity contribution < 1.29 is 4.79 Å². The highest BCUT2D eigenvalue weighted by atomic mass is 35.5. The monoisotopic (exact) mass is 364 g/mol. The van der Waals surface area contributed by atoms with Crippen LogP contribution in [0.2, 0.25) is 5.02 Å². The van der Waals surface area contributed by atoms with Crippen LogP contribution in [0.4, 0.5) is 5.69 Å². The van der Waals surface area contributed by atoms with E-state index < -0.39 is 0 Å². The van der Waals surface area contributed by atoms with Crippen LogP contribution in [-0.4, -0.2) is 11.1 Å². The number of nitrogens with zero attached hydrogens (tertiary/aromatic N) is 1. The summed E-state index contributed by atoms with van der Waals surface area (Å²) in [5.74, 6) is -0.149. The standard InChI is InChI=1S/C20H13ClN2OS/c21-16-7-3-4-8-17(16)22-20-23-19(24)18(25-20)12-13-9-10-14-5-1-2-6-15(14)11-13/h1-12H,(H,22,23,24)/b18-12-. The van der Waals surface area contributed by atoms with Gasteiger partial charge in [0.25, 0.3) is 5.91 Å². The Kier molecular flexibility index (Phi) is 4.30. The van der Waals surface area contributed by atoms with Gasteiger partial charge >= 0.3 is 0 Å². The number of nitrogens with one attached hydrogen (secondary N) is 1. The first-order valence-corrected chi connectivity index (χ1v) is 8.91. The van der Waals surface area contributed by atoms with Crippen LogP contribution in [0.5, 0.6) is 0 Å². The first-order valence-electron chi connectivity index (χ1n) is 7.72. The van der Waals surface area contributed by atoms with Crippen molar-refractivity contribution in [1.29, 1.82) is 0 Å². The number of halogens is 1. The van der Waals surface area contributed by atoms with Crippen LogP contribution >= 0.6 is 23.4 Å². The topological polar surface area (TPSA) is 41.5 Å². The first kappa shape index (κ1) is 15.9. The van der Waals surface area contributed by atoms with E-state index in [4.69, 9.17) is 11.6 Å². The van der Waals surface area contributed by atoms with Crippen LogP contribution in [0.25, 0.3) is 16.8 Å². The third-order valence-corrected chi connectivity index (χ3v) is 5.03. The molecule has 1 aliphatic heterocycles. The van der Waals surface area contributed by atoms with Crippen molar-refractivity contribution in [1.82, 2.24) is 5.32 Å². The number of amidine groups is 1. The maximum Gasteiger partial charge on any atom is 0.264 e. The molecule has 5 heteroatoms. The molecular formula is C20H13ClN2OS. The molecule has 122 valence electrons. The summed E-state index contributed by atoms with van der Waals surface area (Å²) in [4.78, 5) is 17.3. The van der Waals surface area contributed by atoms with E-state index in [-0.39, 0.29) is 5.91 Å². The van der Waals surface area contributed by atoms with Gasteiger partial charge in [-0.1, -0.05) is 60.1 Å². The lowest BCUT2D eigenvalue weighted by Crippen LogP contribution is -2.19. The Bertz CT molecular complexity index is 1040. The second-order valence-corrected chi connectivity index (χ2v) is 6.98. The van der Waals surface area contributed by atoms with Gasteiger partial charge in [0.05, 0.1) is 15.6 Å². The molecule has 3 aromatic rings. The van der Waals surface area contributed by atoms with Gasteiger partial charge in [-0.2, -0.15) is 0 Å². The molecule has 1 saturated heterocycles. The Morgan fingerprint density at radius 3 is 2.56 bits per heavy atom. The molecule has 4 rings (SSSR count). The van der Waals surface area contributed by atoms with Gasteiger partial charge in [-0.05, 0) is 52.4 Å². The van der Waals surface area contributed by atoms with Crippen LogP contribution in [0.15, 0.2) is 76.6 Å². The van der Waals surface area contributed by atoms with Crippen LogP contribution in [0.1, 0.15) is 5.56 Å². The lowest BCUT2D eigenvalue weighted by molar-refractivity contribution is -0.115. The fourth-order valence-electron chi connectivity index (χ4n) is 2.58. The number of aliphatic imine (C=N–C) groups is 1. The highest BCUT2D eigenvalue weighted by molar-refractivity contribution is 8.18. The number of thioether (sulfide) groups is 1. The molecule has 1 heterocycles. The second kappa shape index (κ2) is 6.75. The van der Waals surface area contributed by atoms with Gasteiger partial charge in [0.1, 0.15) is 0 Å². The number of fused-ring (bicyclic) bond motifs is 1. The number of hydrogen-bond donors (Lipinski definition) is 1. The van der Waals surface area contributed by atoms with Crippen molar-refractivity contribution >= 4 is 57.0 Å². The van der Waals surface area contributed by atoms with E-state index in [2.05, 4.69) is 34.6 Å². The number of hydrogen-bond acceptors (Lipinski definition) is 3. The SMILES string of the molecule is O=C1NC(=Nc2ccccc2Cl)S/C1=C\c1ccc2ccccc2c1. The van der Waals surface area contributed by atoms with Gasteiger partial charge in [-0.3, -0.25) is 4.79 Å². The number of para-hydroxylation sites is 1. The fraction of sp³-hybridized carbons (Fsp3) is 0. The second-order valence-electron chi connectivity index (χ2n) is 5.54. The van der Waals surface area contributed by atoms with Gasteiger partial charge in [0.15, 0.2) is 5.17 Å². The molecule has 3 nitrogen and oxygen atoms in total. The van der Waals surface area contributed by atoms with E-state index in [1.807, 2.05) is 42.5 Å². The van der Waals surface area contributed by atoms with Crippen molar-refractivity contribution in [2.45, 2.75) is 0 Å². The zero-order valence-corrected chi connectivity index (χ0v) is 14.6. The van der Waals surface area contributed by atoms with Crippen LogP contribution < -0.4 is 5.32 Å². The highest BCUT2D eigenvalue weighted by Crippen LogP contribution is 2.31. The number of amides is 1. The van der Waals surface area contributed by atoms with E-state index in [1.54, 1.807) is 6.07 Å². The Morgan fingerprint density at radius 1 is 0.960 bits per heavy atom. The number of benzene rings is 3. The molecule has 1 aliphatic rings. The predicted molar refractivity (Wildman–Crippen MR) is 106 cm³/mol. The molecule has 0 spiro atoms. The minimum absolute atomic E-state index is 0.149. The van der Waals surface area contributed by atoms with Gasteiger partial charge in [-0.15, -0.1) is 0 Å². The lowest BCUT2D eigenvalue weighted by atomic mass is 10.1. The van der Waals surface area contributed by atoms with E-state index in [0.29, 0.717) is 20.8 Å². The summed E-state index contributed by atoms with van der Waals surface area (Å²) < 4.78 is 0. The quantitative estimate of drug-likeness (QED) is 0.620. The predicted octanol–water partition coefficient (Wildman–Crippen LogP) is 5.38. The fourth-order valence-corrected chi connectivity index (χ4v) is 3.59. The first-order chi connectivity index (χ1) is 12.2. The summed E-state index contributed by atoms with van der Waals surface area (Å²) in [6.45, 7) is 0. The zero-order valence-electron chi connectivity index (χ0n) is 13.1. The molecule has 3 aromatic carbocycles. The largest absolute Gasteiger partial charge is 0.300 e. The summed E-state index contributed by atoms with van der Waals surface area (Å²) in [5, 5.41) is 6.19. The third-order valence-electron chi connectivity index (χ3n) is 3.80. The maximum absolute atomic E-state index is 12.2. The normalized spacial score (nSPS) is 17.4. The van der Waals surface area contributed by atoms with Gasteiger partial charge in [-0.25, -0.2) is 4.99 Å². The van der Waals surface area contributed by atoms with Gasteiger partial charge in [0.2, 0.25) is 0 Å². The Hall–Kier alpha value is -2.56. The average molecular weight is 365 g/mol. The number of carbonyl (C=O) groups excluding carboxylic acids is 1. The number of rotatable bonds is 2. The van der Waals surface area contributed by atoms with Gasteiger partial charge < -0.3 is 5.32 Å². The molecule has 0 unspecified atom stereocenters. The molecule has 0 radical (unpaired) electrons. The zero-order chi connectivity index (χ0) is 17.2. The lowest BCUT2D eigenvalue weighted by Gasteiger charge is -2.00. The summed E-state index contributed by atoms with van der Waals surface area (Å²) in [7, 11) is 0. The van der Waals surface area contributed by atoms with E-state index in [0.717, 1.165) is 10.9 Å². The highest BCUT2D eigenvalue weighted by Gasteiger charge is 2.24. The third kappa shape index (κ3) is 3.45. The molecule has 0 bridgehead atoms. The summed E-state index contributed by atoms with van der Waals surface area (Å²) in [6, 6.07) is 21.6. The Labute approximate surface area is 154 Å². The summed E-state index contributed by atoms with van der Waals surface area (Å²) >= 11 is 7.43. The van der Waals surface area contributed by atoms with E-state index in [1.165, 1.54) is 17.1 Å². The molecule has 1 fully saturated rings. The molecule has 0 saturated carbocycles. The number of carbonyl (C=O) groups is 1. The minimum atomic E-state index is -0.149. The smallest absolute Gasteiger partial charge is 0.264 e. The van der Waals surface area contributed by atoms with E-state index in [9.17, 15) is 4.79 Å². The Balaban J connectivity index is 1.63. The molecule has 1 N–H and O–H groups in total. The van der Waals surface area contributed by atoms with Crippen molar-refractivity contribution in [2.75, 3.05) is 0 Å². The van der Waals surface area contributed by atoms with Crippen molar-refractivity contribution in [3.8, 4) is 0 Å². The van der Waals surface area contributed by atoms with Crippen LogP contribution in [0, 0.1) is 0 Å². The molecule has 25 heavy (non-hydrogen) atoms. The van der Waals surface area contributed by atoms with Crippen molar-refractivity contribution in [2.24, 2.45) is 4.99 Å². The van der Waals surface area contributed by atoms with Crippen LogP contribution in [-0.2, 0) is 4.79 Å². The van der Waals surface area contributed by atoms with Gasteiger partial charge in [0, 0.05) is 0 Å².